The number of hydrogen-bond donors (Lipinski definition) is 0. The van der Waals surface area contributed by atoms with E-state index in [0.717, 1.165) is 41.2 Å². The minimum Gasteiger partial charge on any atom is -0.353 e. The fourth-order valence-electron chi connectivity index (χ4n) is 4.07. The normalized spacial score (nSPS) is 14.4. The Labute approximate surface area is 174 Å². The second-order valence-corrected chi connectivity index (χ2v) is 7.51. The minimum atomic E-state index is 0.172. The zero-order chi connectivity index (χ0) is 20.5. The molecular formula is C22H23N7O. The molecule has 1 saturated heterocycles. The fourth-order valence-corrected chi connectivity index (χ4v) is 4.07. The molecule has 4 aromatic rings. The Morgan fingerprint density at radius 1 is 1.03 bits per heavy atom. The van der Waals surface area contributed by atoms with E-state index in [-0.39, 0.29) is 5.91 Å². The van der Waals surface area contributed by atoms with E-state index in [9.17, 15) is 4.79 Å². The molecule has 0 saturated carbocycles. The van der Waals surface area contributed by atoms with Crippen LogP contribution >= 0.6 is 0 Å². The summed E-state index contributed by atoms with van der Waals surface area (Å²) in [6.07, 6.45) is 7.64. The van der Waals surface area contributed by atoms with Crippen molar-refractivity contribution in [3.8, 4) is 5.82 Å². The number of aromatic nitrogens is 5. The highest BCUT2D eigenvalue weighted by Crippen LogP contribution is 2.22. The fraction of sp³-hybridized carbons (Fsp3) is 0.273. The highest BCUT2D eigenvalue weighted by Gasteiger charge is 2.23. The van der Waals surface area contributed by atoms with Crippen LogP contribution in [-0.2, 0) is 18.3 Å². The topological polar surface area (TPSA) is 72.1 Å². The number of fused-ring (bicyclic) bond motifs is 1. The average Bonchev–Trinajstić information content (AvgIpc) is 3.43. The van der Waals surface area contributed by atoms with Crippen molar-refractivity contribution in [3.63, 3.8) is 0 Å². The molecule has 8 nitrogen and oxygen atoms in total. The molecule has 0 unspecified atom stereocenters. The van der Waals surface area contributed by atoms with Gasteiger partial charge in [-0.25, -0.2) is 14.6 Å². The number of benzene rings is 1. The predicted octanol–water partition coefficient (Wildman–Crippen LogP) is 2.05. The van der Waals surface area contributed by atoms with Crippen LogP contribution in [0.4, 0.5) is 5.82 Å². The number of nitrogens with zero attached hydrogens (tertiary/aromatic N) is 7. The van der Waals surface area contributed by atoms with Crippen molar-refractivity contribution in [1.29, 1.82) is 0 Å². The number of aryl methyl sites for hydroxylation is 1. The highest BCUT2D eigenvalue weighted by molar-refractivity contribution is 5.89. The van der Waals surface area contributed by atoms with E-state index in [1.54, 1.807) is 17.2 Å². The molecule has 0 N–H and O–H groups in total. The third kappa shape index (κ3) is 3.41. The molecule has 0 aliphatic carbocycles. The molecule has 152 valence electrons. The number of para-hydroxylation sites is 1. The van der Waals surface area contributed by atoms with Gasteiger partial charge in [-0.05, 0) is 17.7 Å². The molecular weight excluding hydrogens is 378 g/mol. The lowest BCUT2D eigenvalue weighted by molar-refractivity contribution is -0.130. The van der Waals surface area contributed by atoms with E-state index in [1.165, 1.54) is 0 Å². The van der Waals surface area contributed by atoms with E-state index in [0.29, 0.717) is 19.5 Å². The molecule has 1 aliphatic rings. The van der Waals surface area contributed by atoms with Gasteiger partial charge in [-0.2, -0.15) is 5.10 Å². The first-order chi connectivity index (χ1) is 14.7. The standard InChI is InChI=1S/C22H23N7O/c1-26-15-17(18-5-2-3-6-19(18)26)13-22(30)28-11-9-27(10-12-28)20-14-21(24-16-23-20)29-8-4-7-25-29/h2-8,14-16H,9-13H2,1H3. The second kappa shape index (κ2) is 7.62. The van der Waals surface area contributed by atoms with E-state index in [1.807, 2.05) is 42.4 Å². The molecule has 1 fully saturated rings. The van der Waals surface area contributed by atoms with Crippen LogP contribution in [0.3, 0.4) is 0 Å². The van der Waals surface area contributed by atoms with Gasteiger partial charge < -0.3 is 14.4 Å². The monoisotopic (exact) mass is 401 g/mol. The van der Waals surface area contributed by atoms with Gasteiger partial charge in [0.15, 0.2) is 5.82 Å². The molecule has 0 bridgehead atoms. The summed E-state index contributed by atoms with van der Waals surface area (Å²) in [6.45, 7) is 2.86. The maximum absolute atomic E-state index is 12.9. The van der Waals surface area contributed by atoms with Gasteiger partial charge >= 0.3 is 0 Å². The minimum absolute atomic E-state index is 0.172. The van der Waals surface area contributed by atoms with Gasteiger partial charge in [-0.15, -0.1) is 0 Å². The van der Waals surface area contributed by atoms with Crippen molar-refractivity contribution < 1.29 is 4.79 Å². The second-order valence-electron chi connectivity index (χ2n) is 7.51. The summed E-state index contributed by atoms with van der Waals surface area (Å²) in [5.41, 5.74) is 2.24. The Hall–Kier alpha value is -3.68. The summed E-state index contributed by atoms with van der Waals surface area (Å²) < 4.78 is 3.80. The molecule has 1 aromatic carbocycles. The van der Waals surface area contributed by atoms with Gasteiger partial charge in [0, 0.05) is 68.8 Å². The number of amides is 1. The first-order valence-corrected chi connectivity index (χ1v) is 10.1. The molecule has 4 heterocycles. The summed E-state index contributed by atoms with van der Waals surface area (Å²) in [6, 6.07) is 12.0. The molecule has 0 atom stereocenters. The zero-order valence-electron chi connectivity index (χ0n) is 16.8. The lowest BCUT2D eigenvalue weighted by Gasteiger charge is -2.35. The Morgan fingerprint density at radius 3 is 2.63 bits per heavy atom. The van der Waals surface area contributed by atoms with Crippen LogP contribution in [0.15, 0.2) is 61.3 Å². The molecule has 1 aliphatic heterocycles. The summed E-state index contributed by atoms with van der Waals surface area (Å²) in [4.78, 5) is 25.8. The summed E-state index contributed by atoms with van der Waals surface area (Å²) in [5, 5.41) is 5.38. The number of rotatable bonds is 4. The van der Waals surface area contributed by atoms with Crippen molar-refractivity contribution in [3.05, 3.63) is 66.9 Å². The van der Waals surface area contributed by atoms with Crippen LogP contribution in [0.5, 0.6) is 0 Å². The molecule has 30 heavy (non-hydrogen) atoms. The smallest absolute Gasteiger partial charge is 0.227 e. The van der Waals surface area contributed by atoms with Crippen LogP contribution in [0.25, 0.3) is 16.7 Å². The average molecular weight is 401 g/mol. The molecule has 0 spiro atoms. The van der Waals surface area contributed by atoms with Crippen molar-refractivity contribution in [2.75, 3.05) is 31.1 Å². The van der Waals surface area contributed by atoms with Crippen LogP contribution in [0, 0.1) is 0 Å². The third-order valence-electron chi connectivity index (χ3n) is 5.65. The van der Waals surface area contributed by atoms with Crippen molar-refractivity contribution in [1.82, 2.24) is 29.2 Å². The Morgan fingerprint density at radius 2 is 1.83 bits per heavy atom. The van der Waals surface area contributed by atoms with Crippen molar-refractivity contribution in [2.45, 2.75) is 6.42 Å². The molecule has 3 aromatic heterocycles. The zero-order valence-corrected chi connectivity index (χ0v) is 16.8. The maximum atomic E-state index is 12.9. The van der Waals surface area contributed by atoms with Crippen LogP contribution < -0.4 is 4.90 Å². The van der Waals surface area contributed by atoms with Crippen molar-refractivity contribution >= 4 is 22.6 Å². The first kappa shape index (κ1) is 18.4. The Balaban J connectivity index is 1.25. The van der Waals surface area contributed by atoms with Crippen LogP contribution in [0.2, 0.25) is 0 Å². The molecule has 5 rings (SSSR count). The van der Waals surface area contributed by atoms with Gasteiger partial charge in [0.1, 0.15) is 12.1 Å². The largest absolute Gasteiger partial charge is 0.353 e. The SMILES string of the molecule is Cn1cc(CC(=O)N2CCN(c3cc(-n4cccn4)ncn3)CC2)c2ccccc21. The summed E-state index contributed by atoms with van der Waals surface area (Å²) in [7, 11) is 2.02. The first-order valence-electron chi connectivity index (χ1n) is 10.1. The summed E-state index contributed by atoms with van der Waals surface area (Å²) >= 11 is 0. The number of carbonyl (C=O) groups is 1. The van der Waals surface area contributed by atoms with Crippen LogP contribution in [-0.4, -0.2) is 61.3 Å². The van der Waals surface area contributed by atoms with Gasteiger partial charge in [-0.1, -0.05) is 18.2 Å². The molecule has 1 amide bonds. The van der Waals surface area contributed by atoms with Crippen LogP contribution in [0.1, 0.15) is 5.56 Å². The van der Waals surface area contributed by atoms with E-state index in [4.69, 9.17) is 0 Å². The molecule has 8 heteroatoms. The van der Waals surface area contributed by atoms with Gasteiger partial charge in [-0.3, -0.25) is 4.79 Å². The predicted molar refractivity (Wildman–Crippen MR) is 115 cm³/mol. The van der Waals surface area contributed by atoms with E-state index in [2.05, 4.69) is 42.9 Å². The third-order valence-corrected chi connectivity index (χ3v) is 5.65. The van der Waals surface area contributed by atoms with E-state index >= 15 is 0 Å². The summed E-state index contributed by atoms with van der Waals surface area (Å²) in [5.74, 6) is 1.77. The molecule has 0 radical (unpaired) electrons. The van der Waals surface area contributed by atoms with Gasteiger partial charge in [0.25, 0.3) is 0 Å². The van der Waals surface area contributed by atoms with Gasteiger partial charge in [0.2, 0.25) is 5.91 Å². The Kier molecular flexibility index (Phi) is 4.66. The number of piperazine rings is 1. The quantitative estimate of drug-likeness (QED) is 0.523. The van der Waals surface area contributed by atoms with Gasteiger partial charge in [0.05, 0.1) is 6.42 Å². The number of anilines is 1. The number of carbonyl (C=O) groups excluding carboxylic acids is 1. The highest BCUT2D eigenvalue weighted by atomic mass is 16.2. The maximum Gasteiger partial charge on any atom is 0.227 e. The Bertz CT molecular complexity index is 1170. The lowest BCUT2D eigenvalue weighted by atomic mass is 10.1. The van der Waals surface area contributed by atoms with Crippen molar-refractivity contribution in [2.24, 2.45) is 7.05 Å². The lowest BCUT2D eigenvalue weighted by Crippen LogP contribution is -2.49. The number of hydrogen-bond acceptors (Lipinski definition) is 5. The van der Waals surface area contributed by atoms with E-state index < -0.39 is 0 Å².